The lowest BCUT2D eigenvalue weighted by Gasteiger charge is -2.04. The van der Waals surface area contributed by atoms with Gasteiger partial charge in [-0.15, -0.1) is 0 Å². The van der Waals surface area contributed by atoms with Gasteiger partial charge in [-0.25, -0.2) is 14.6 Å². The van der Waals surface area contributed by atoms with Crippen LogP contribution in [0.25, 0.3) is 28.1 Å². The summed E-state index contributed by atoms with van der Waals surface area (Å²) < 4.78 is 1.81. The largest absolute Gasteiger partial charge is 0.259 e. The molecule has 1 N–H and O–H groups in total. The Hall–Kier alpha value is -3.02. The second kappa shape index (κ2) is 4.27. The van der Waals surface area contributed by atoms with Crippen molar-refractivity contribution in [2.75, 3.05) is 0 Å². The minimum Gasteiger partial charge on any atom is -0.259 e. The molecule has 3 aromatic heterocycles. The molecule has 0 radical (unpaired) electrons. The van der Waals surface area contributed by atoms with E-state index in [2.05, 4.69) is 25.3 Å². The Morgan fingerprint density at radius 3 is 2.95 bits per heavy atom. The Balaban J connectivity index is 1.88. The van der Waals surface area contributed by atoms with Crippen molar-refractivity contribution in [3.8, 4) is 17.1 Å². The van der Waals surface area contributed by atoms with Crippen LogP contribution in [-0.4, -0.2) is 29.9 Å². The maximum atomic E-state index is 4.40. The number of hydrogen-bond acceptors (Lipinski definition) is 4. The third-order valence-electron chi connectivity index (χ3n) is 3.11. The van der Waals surface area contributed by atoms with E-state index in [9.17, 15) is 0 Å². The summed E-state index contributed by atoms with van der Waals surface area (Å²) in [4.78, 5) is 8.53. The Bertz CT molecular complexity index is 862. The van der Waals surface area contributed by atoms with Crippen molar-refractivity contribution in [2.24, 2.45) is 0 Å². The molecule has 0 saturated heterocycles. The van der Waals surface area contributed by atoms with Crippen LogP contribution >= 0.6 is 0 Å². The van der Waals surface area contributed by atoms with E-state index in [-0.39, 0.29) is 0 Å². The Kier molecular flexibility index (Phi) is 2.32. The highest BCUT2D eigenvalue weighted by atomic mass is 15.3. The molecule has 4 aromatic rings. The highest BCUT2D eigenvalue weighted by molar-refractivity contribution is 5.76. The quantitative estimate of drug-likeness (QED) is 0.601. The predicted molar refractivity (Wildman–Crippen MR) is 74.2 cm³/mol. The van der Waals surface area contributed by atoms with Crippen LogP contribution in [0.3, 0.4) is 0 Å². The number of nitrogens with zero attached hydrogens (tertiary/aromatic N) is 5. The topological polar surface area (TPSA) is 72.3 Å². The summed E-state index contributed by atoms with van der Waals surface area (Å²) >= 11 is 0. The Labute approximate surface area is 114 Å². The summed E-state index contributed by atoms with van der Waals surface area (Å²) in [6, 6.07) is 11.8. The first-order valence-corrected chi connectivity index (χ1v) is 6.17. The summed E-state index contributed by atoms with van der Waals surface area (Å²) in [5.41, 5.74) is 2.73. The minimum absolute atomic E-state index is 0.733. The van der Waals surface area contributed by atoms with Gasteiger partial charge in [-0.3, -0.25) is 5.10 Å². The molecule has 0 spiro atoms. The second-order valence-electron chi connectivity index (χ2n) is 4.36. The SMILES string of the molecule is c1cc(-c2ncn[nH]2)cc(-n2ncc3cccnc32)c1. The molecule has 0 fully saturated rings. The number of nitrogens with one attached hydrogen (secondary N) is 1. The molecule has 0 unspecified atom stereocenters. The van der Waals surface area contributed by atoms with E-state index in [0.29, 0.717) is 0 Å². The van der Waals surface area contributed by atoms with Gasteiger partial charge in [0.1, 0.15) is 6.33 Å². The van der Waals surface area contributed by atoms with Gasteiger partial charge in [0, 0.05) is 17.1 Å². The summed E-state index contributed by atoms with van der Waals surface area (Å²) in [5, 5.41) is 12.1. The minimum atomic E-state index is 0.733. The van der Waals surface area contributed by atoms with Gasteiger partial charge in [0.2, 0.25) is 0 Å². The van der Waals surface area contributed by atoms with Crippen LogP contribution in [0.2, 0.25) is 0 Å². The van der Waals surface area contributed by atoms with E-state index in [0.717, 1.165) is 28.1 Å². The Morgan fingerprint density at radius 1 is 1.05 bits per heavy atom. The first kappa shape index (κ1) is 10.9. The van der Waals surface area contributed by atoms with Gasteiger partial charge in [0.25, 0.3) is 0 Å². The van der Waals surface area contributed by atoms with Crippen molar-refractivity contribution >= 4 is 11.0 Å². The van der Waals surface area contributed by atoms with Crippen LogP contribution in [0.5, 0.6) is 0 Å². The molecule has 0 amide bonds. The zero-order valence-corrected chi connectivity index (χ0v) is 10.4. The van der Waals surface area contributed by atoms with Crippen LogP contribution in [0, 0.1) is 0 Å². The third kappa shape index (κ3) is 1.66. The maximum absolute atomic E-state index is 4.40. The summed E-state index contributed by atoms with van der Waals surface area (Å²) in [6.45, 7) is 0. The van der Waals surface area contributed by atoms with Gasteiger partial charge < -0.3 is 0 Å². The molecular weight excluding hydrogens is 252 g/mol. The molecule has 3 heterocycles. The monoisotopic (exact) mass is 262 g/mol. The molecule has 0 atom stereocenters. The van der Waals surface area contributed by atoms with Gasteiger partial charge in [-0.05, 0) is 24.3 Å². The summed E-state index contributed by atoms with van der Waals surface area (Å²) in [5.74, 6) is 0.733. The lowest BCUT2D eigenvalue weighted by atomic mass is 10.2. The zero-order valence-electron chi connectivity index (χ0n) is 10.4. The van der Waals surface area contributed by atoms with Crippen LogP contribution in [0.1, 0.15) is 0 Å². The number of aromatic amines is 1. The van der Waals surface area contributed by atoms with Gasteiger partial charge >= 0.3 is 0 Å². The van der Waals surface area contributed by atoms with E-state index < -0.39 is 0 Å². The molecule has 6 nitrogen and oxygen atoms in total. The number of H-pyrrole nitrogens is 1. The Morgan fingerprint density at radius 2 is 2.05 bits per heavy atom. The molecule has 96 valence electrons. The normalized spacial score (nSPS) is 11.0. The maximum Gasteiger partial charge on any atom is 0.162 e. The van der Waals surface area contributed by atoms with Crippen molar-refractivity contribution < 1.29 is 0 Å². The van der Waals surface area contributed by atoms with Crippen LogP contribution in [0.15, 0.2) is 55.1 Å². The number of aromatic nitrogens is 6. The average Bonchev–Trinajstić information content (AvgIpc) is 3.17. The lowest BCUT2D eigenvalue weighted by molar-refractivity contribution is 0.897. The van der Waals surface area contributed by atoms with E-state index in [1.165, 1.54) is 6.33 Å². The fourth-order valence-electron chi connectivity index (χ4n) is 2.18. The molecule has 0 bridgehead atoms. The van der Waals surface area contributed by atoms with Crippen molar-refractivity contribution in [3.05, 3.63) is 55.1 Å². The molecule has 1 aromatic carbocycles. The number of rotatable bonds is 2. The number of benzene rings is 1. The molecule has 6 heteroatoms. The highest BCUT2D eigenvalue weighted by Crippen LogP contribution is 2.20. The molecule has 0 aliphatic carbocycles. The predicted octanol–water partition coefficient (Wildman–Crippen LogP) is 2.21. The number of pyridine rings is 1. The fourth-order valence-corrected chi connectivity index (χ4v) is 2.18. The van der Waals surface area contributed by atoms with Crippen molar-refractivity contribution in [2.45, 2.75) is 0 Å². The van der Waals surface area contributed by atoms with E-state index in [4.69, 9.17) is 0 Å². The standard InChI is InChI=1S/C14H10N6/c1-3-10(13-16-9-17-19-13)7-12(5-1)20-14-11(8-18-20)4-2-6-15-14/h1-9H,(H,16,17,19). The molecule has 0 saturated carbocycles. The van der Waals surface area contributed by atoms with Crippen molar-refractivity contribution in [1.29, 1.82) is 0 Å². The zero-order chi connectivity index (χ0) is 13.4. The van der Waals surface area contributed by atoms with Crippen LogP contribution in [0.4, 0.5) is 0 Å². The fraction of sp³-hybridized carbons (Fsp3) is 0. The van der Waals surface area contributed by atoms with Crippen molar-refractivity contribution in [3.63, 3.8) is 0 Å². The van der Waals surface area contributed by atoms with Crippen LogP contribution in [-0.2, 0) is 0 Å². The van der Waals surface area contributed by atoms with Gasteiger partial charge in [-0.2, -0.15) is 10.2 Å². The lowest BCUT2D eigenvalue weighted by Crippen LogP contribution is -1.97. The van der Waals surface area contributed by atoms with E-state index in [1.807, 2.05) is 47.3 Å². The highest BCUT2D eigenvalue weighted by Gasteiger charge is 2.07. The number of hydrogen-bond donors (Lipinski definition) is 1. The average molecular weight is 262 g/mol. The molecule has 0 aliphatic rings. The molecule has 4 rings (SSSR count). The van der Waals surface area contributed by atoms with E-state index >= 15 is 0 Å². The first-order valence-electron chi connectivity index (χ1n) is 6.17. The van der Waals surface area contributed by atoms with E-state index in [1.54, 1.807) is 6.20 Å². The summed E-state index contributed by atoms with van der Waals surface area (Å²) in [7, 11) is 0. The van der Waals surface area contributed by atoms with Gasteiger partial charge in [0.15, 0.2) is 11.5 Å². The first-order chi connectivity index (χ1) is 9.92. The van der Waals surface area contributed by atoms with Crippen LogP contribution < -0.4 is 0 Å². The molecule has 20 heavy (non-hydrogen) atoms. The second-order valence-corrected chi connectivity index (χ2v) is 4.36. The molecule has 0 aliphatic heterocycles. The third-order valence-corrected chi connectivity index (χ3v) is 3.11. The van der Waals surface area contributed by atoms with Gasteiger partial charge in [0.05, 0.1) is 11.9 Å². The smallest absolute Gasteiger partial charge is 0.162 e. The number of fused-ring (bicyclic) bond motifs is 1. The van der Waals surface area contributed by atoms with Crippen molar-refractivity contribution in [1.82, 2.24) is 29.9 Å². The van der Waals surface area contributed by atoms with Gasteiger partial charge in [-0.1, -0.05) is 12.1 Å². The molecular formula is C14H10N6. The summed E-state index contributed by atoms with van der Waals surface area (Å²) in [6.07, 6.45) is 5.07.